The van der Waals surface area contributed by atoms with Crippen LogP contribution in [-0.2, 0) is 6.54 Å². The fraction of sp³-hybridized carbons (Fsp3) is 0.0588. The molecule has 0 amide bonds. The number of hydrogen-bond acceptors (Lipinski definition) is 2. The van der Waals surface area contributed by atoms with Crippen LogP contribution in [0.3, 0.4) is 0 Å². The molecule has 3 heteroatoms. The monoisotopic (exact) mass is 343 g/mol. The third-order valence-electron chi connectivity index (χ3n) is 3.11. The van der Waals surface area contributed by atoms with Crippen molar-refractivity contribution in [2.75, 3.05) is 5.32 Å². The van der Waals surface area contributed by atoms with Gasteiger partial charge >= 0.3 is 0 Å². The molecule has 0 aliphatic rings. The van der Waals surface area contributed by atoms with Crippen molar-refractivity contribution in [3.05, 3.63) is 75.4 Å². The highest BCUT2D eigenvalue weighted by Crippen LogP contribution is 2.23. The maximum Gasteiger partial charge on any atom is 0.0701 e. The Morgan fingerprint density at radius 1 is 0.900 bits per heavy atom. The van der Waals surface area contributed by atoms with E-state index in [1.54, 1.807) is 11.3 Å². The predicted molar refractivity (Wildman–Crippen MR) is 91.2 cm³/mol. The molecule has 0 radical (unpaired) electrons. The molecule has 1 aromatic heterocycles. The smallest absolute Gasteiger partial charge is 0.0701 e. The van der Waals surface area contributed by atoms with Gasteiger partial charge in [-0.05, 0) is 56.2 Å². The van der Waals surface area contributed by atoms with Gasteiger partial charge in [-0.2, -0.15) is 0 Å². The van der Waals surface area contributed by atoms with Crippen molar-refractivity contribution in [1.82, 2.24) is 0 Å². The molecule has 20 heavy (non-hydrogen) atoms. The zero-order chi connectivity index (χ0) is 13.8. The van der Waals surface area contributed by atoms with E-state index in [4.69, 9.17) is 0 Å². The van der Waals surface area contributed by atoms with E-state index < -0.39 is 0 Å². The van der Waals surface area contributed by atoms with Crippen molar-refractivity contribution < 1.29 is 0 Å². The average molecular weight is 344 g/mol. The first-order chi connectivity index (χ1) is 9.81. The van der Waals surface area contributed by atoms with Crippen LogP contribution >= 0.6 is 27.3 Å². The Hall–Kier alpha value is -1.58. The summed E-state index contributed by atoms with van der Waals surface area (Å²) in [5, 5.41) is 5.60. The van der Waals surface area contributed by atoms with Gasteiger partial charge in [-0.25, -0.2) is 0 Å². The SMILES string of the molecule is Brc1cc(CNc2ccc(-c3ccccc3)cc2)cs1. The van der Waals surface area contributed by atoms with Crippen LogP contribution in [0.4, 0.5) is 5.69 Å². The molecule has 1 N–H and O–H groups in total. The second-order valence-electron chi connectivity index (χ2n) is 4.56. The van der Waals surface area contributed by atoms with E-state index in [-0.39, 0.29) is 0 Å². The normalized spacial score (nSPS) is 10.4. The van der Waals surface area contributed by atoms with E-state index >= 15 is 0 Å². The quantitative estimate of drug-likeness (QED) is 0.632. The Labute approximate surface area is 131 Å². The van der Waals surface area contributed by atoms with Gasteiger partial charge in [0, 0.05) is 12.2 Å². The number of halogens is 1. The molecule has 0 spiro atoms. The largest absolute Gasteiger partial charge is 0.381 e. The number of rotatable bonds is 4. The molecule has 0 fully saturated rings. The average Bonchev–Trinajstić information content (AvgIpc) is 2.92. The van der Waals surface area contributed by atoms with E-state index in [0.717, 1.165) is 12.2 Å². The first kappa shape index (κ1) is 13.4. The summed E-state index contributed by atoms with van der Waals surface area (Å²) in [5.74, 6) is 0. The summed E-state index contributed by atoms with van der Waals surface area (Å²) < 4.78 is 1.17. The molecule has 3 rings (SSSR count). The molecule has 0 bridgehead atoms. The van der Waals surface area contributed by atoms with Gasteiger partial charge in [0.2, 0.25) is 0 Å². The third kappa shape index (κ3) is 3.30. The summed E-state index contributed by atoms with van der Waals surface area (Å²) in [6, 6.07) is 21.1. The Kier molecular flexibility index (Phi) is 4.19. The van der Waals surface area contributed by atoms with Gasteiger partial charge in [0.1, 0.15) is 0 Å². The van der Waals surface area contributed by atoms with Crippen molar-refractivity contribution in [2.45, 2.75) is 6.54 Å². The summed E-state index contributed by atoms with van der Waals surface area (Å²) >= 11 is 5.20. The summed E-state index contributed by atoms with van der Waals surface area (Å²) in [7, 11) is 0. The molecule has 0 saturated carbocycles. The minimum atomic E-state index is 0.854. The van der Waals surface area contributed by atoms with E-state index in [9.17, 15) is 0 Å². The molecule has 0 unspecified atom stereocenters. The highest BCUT2D eigenvalue weighted by atomic mass is 79.9. The van der Waals surface area contributed by atoms with Crippen molar-refractivity contribution in [3.8, 4) is 11.1 Å². The Morgan fingerprint density at radius 2 is 1.60 bits per heavy atom. The molecule has 1 nitrogen and oxygen atoms in total. The van der Waals surface area contributed by atoms with Crippen LogP contribution in [0.25, 0.3) is 11.1 Å². The highest BCUT2D eigenvalue weighted by Gasteiger charge is 1.99. The third-order valence-corrected chi connectivity index (χ3v) is 4.66. The molecule has 0 aliphatic heterocycles. The summed E-state index contributed by atoms with van der Waals surface area (Å²) in [6.45, 7) is 0.854. The van der Waals surface area contributed by atoms with Gasteiger partial charge in [0.25, 0.3) is 0 Å². The van der Waals surface area contributed by atoms with Gasteiger partial charge < -0.3 is 5.32 Å². The molecular formula is C17H14BrNS. The Bertz CT molecular complexity index is 674. The zero-order valence-corrected chi connectivity index (χ0v) is 13.2. The van der Waals surface area contributed by atoms with Crippen LogP contribution in [0, 0.1) is 0 Å². The van der Waals surface area contributed by atoms with Crippen molar-refractivity contribution in [3.63, 3.8) is 0 Å². The van der Waals surface area contributed by atoms with E-state index in [0.29, 0.717) is 0 Å². The Balaban J connectivity index is 1.67. The van der Waals surface area contributed by atoms with Crippen LogP contribution < -0.4 is 5.32 Å². The number of nitrogens with one attached hydrogen (secondary N) is 1. The molecular weight excluding hydrogens is 330 g/mol. The summed E-state index contributed by atoms with van der Waals surface area (Å²) in [4.78, 5) is 0. The van der Waals surface area contributed by atoms with E-state index in [1.165, 1.54) is 20.5 Å². The lowest BCUT2D eigenvalue weighted by atomic mass is 10.1. The number of anilines is 1. The van der Waals surface area contributed by atoms with Crippen LogP contribution in [0.15, 0.2) is 69.8 Å². The first-order valence-corrected chi connectivity index (χ1v) is 8.11. The van der Waals surface area contributed by atoms with Crippen LogP contribution in [0.2, 0.25) is 0 Å². The summed E-state index contributed by atoms with van der Waals surface area (Å²) in [5.41, 5.74) is 4.94. The van der Waals surface area contributed by atoms with Crippen LogP contribution in [0.1, 0.15) is 5.56 Å². The highest BCUT2D eigenvalue weighted by molar-refractivity contribution is 9.11. The maximum atomic E-state index is 3.48. The fourth-order valence-electron chi connectivity index (χ4n) is 2.05. The van der Waals surface area contributed by atoms with Gasteiger partial charge in [-0.15, -0.1) is 11.3 Å². The molecule has 0 atom stereocenters. The molecule has 2 aromatic carbocycles. The molecule has 0 aliphatic carbocycles. The lowest BCUT2D eigenvalue weighted by molar-refractivity contribution is 1.16. The molecule has 0 saturated heterocycles. The second-order valence-corrected chi connectivity index (χ2v) is 6.85. The fourth-order valence-corrected chi connectivity index (χ4v) is 3.26. The van der Waals surface area contributed by atoms with Gasteiger partial charge in [0.15, 0.2) is 0 Å². The number of thiophene rings is 1. The van der Waals surface area contributed by atoms with Gasteiger partial charge in [0.05, 0.1) is 3.79 Å². The standard InChI is InChI=1S/C17H14BrNS/c18-17-10-13(12-20-17)11-19-16-8-6-15(7-9-16)14-4-2-1-3-5-14/h1-10,12,19H,11H2. The molecule has 100 valence electrons. The second kappa shape index (κ2) is 6.25. The minimum Gasteiger partial charge on any atom is -0.381 e. The van der Waals surface area contributed by atoms with Crippen molar-refractivity contribution >= 4 is 33.0 Å². The van der Waals surface area contributed by atoms with Crippen LogP contribution in [0.5, 0.6) is 0 Å². The topological polar surface area (TPSA) is 12.0 Å². The summed E-state index contributed by atoms with van der Waals surface area (Å²) in [6.07, 6.45) is 0. The Morgan fingerprint density at radius 3 is 2.25 bits per heavy atom. The van der Waals surface area contributed by atoms with Gasteiger partial charge in [-0.3, -0.25) is 0 Å². The zero-order valence-electron chi connectivity index (χ0n) is 10.8. The van der Waals surface area contributed by atoms with Crippen molar-refractivity contribution in [2.24, 2.45) is 0 Å². The maximum absolute atomic E-state index is 3.48. The number of benzene rings is 2. The lowest BCUT2D eigenvalue weighted by Gasteiger charge is -2.07. The minimum absolute atomic E-state index is 0.854. The first-order valence-electron chi connectivity index (χ1n) is 6.43. The lowest BCUT2D eigenvalue weighted by Crippen LogP contribution is -1.97. The number of hydrogen-bond donors (Lipinski definition) is 1. The predicted octanol–water partition coefficient (Wildman–Crippen LogP) is 5.79. The van der Waals surface area contributed by atoms with E-state index in [1.807, 2.05) is 6.07 Å². The van der Waals surface area contributed by atoms with Gasteiger partial charge in [-0.1, -0.05) is 42.5 Å². The van der Waals surface area contributed by atoms with Crippen LogP contribution in [-0.4, -0.2) is 0 Å². The van der Waals surface area contributed by atoms with Crippen molar-refractivity contribution in [1.29, 1.82) is 0 Å². The van der Waals surface area contributed by atoms with E-state index in [2.05, 4.69) is 81.2 Å². The molecule has 1 heterocycles. The molecule has 3 aromatic rings.